The zero-order chi connectivity index (χ0) is 13.8. The van der Waals surface area contributed by atoms with Gasteiger partial charge in [-0.15, -0.1) is 0 Å². The van der Waals surface area contributed by atoms with Crippen LogP contribution in [-0.2, 0) is 0 Å². The van der Waals surface area contributed by atoms with E-state index in [-0.39, 0.29) is 11.9 Å². The van der Waals surface area contributed by atoms with Crippen LogP contribution in [0.2, 0.25) is 5.02 Å². The van der Waals surface area contributed by atoms with Gasteiger partial charge in [-0.1, -0.05) is 31.4 Å². The van der Waals surface area contributed by atoms with E-state index in [1.54, 1.807) is 19.2 Å². The van der Waals surface area contributed by atoms with Crippen molar-refractivity contribution in [3.05, 3.63) is 22.8 Å². The summed E-state index contributed by atoms with van der Waals surface area (Å²) in [6.07, 6.45) is 4.58. The number of nitrogens with zero attached hydrogens (tertiary/aromatic N) is 1. The van der Waals surface area contributed by atoms with E-state index in [2.05, 4.69) is 22.5 Å². The molecule has 1 aromatic rings. The van der Waals surface area contributed by atoms with Gasteiger partial charge in [-0.05, 0) is 30.9 Å². The summed E-state index contributed by atoms with van der Waals surface area (Å²) in [6, 6.07) is 3.66. The predicted octanol–water partition coefficient (Wildman–Crippen LogP) is 3.09. The second kappa shape index (κ2) is 6.24. The number of anilines is 1. The lowest BCUT2D eigenvalue weighted by molar-refractivity contribution is 0.0928. The summed E-state index contributed by atoms with van der Waals surface area (Å²) >= 11 is 6.04. The Morgan fingerprint density at radius 3 is 2.84 bits per heavy atom. The van der Waals surface area contributed by atoms with E-state index in [0.29, 0.717) is 16.5 Å². The minimum absolute atomic E-state index is 0.186. The number of carbonyl (C=O) groups is 1. The molecule has 2 rings (SSSR count). The first-order chi connectivity index (χ1) is 9.13. The molecule has 0 aromatic carbocycles. The van der Waals surface area contributed by atoms with Crippen LogP contribution in [0.25, 0.3) is 0 Å². The van der Waals surface area contributed by atoms with Crippen molar-refractivity contribution in [2.45, 2.75) is 38.6 Å². The molecule has 0 bridgehead atoms. The lowest BCUT2D eigenvalue weighted by atomic mass is 10.1. The Balaban J connectivity index is 2.04. The number of aromatic nitrogens is 1. The van der Waals surface area contributed by atoms with Crippen LogP contribution in [0, 0.1) is 5.92 Å². The average Bonchev–Trinajstić information content (AvgIpc) is 3.22. The Labute approximate surface area is 118 Å². The van der Waals surface area contributed by atoms with Crippen LogP contribution in [0.4, 0.5) is 5.82 Å². The molecule has 1 atom stereocenters. The molecule has 1 aliphatic carbocycles. The van der Waals surface area contributed by atoms with Crippen LogP contribution >= 0.6 is 11.6 Å². The zero-order valence-electron chi connectivity index (χ0n) is 11.4. The summed E-state index contributed by atoms with van der Waals surface area (Å²) < 4.78 is 0. The van der Waals surface area contributed by atoms with Crippen LogP contribution in [0.3, 0.4) is 0 Å². The van der Waals surface area contributed by atoms with Crippen molar-refractivity contribution in [3.63, 3.8) is 0 Å². The number of pyridine rings is 1. The third kappa shape index (κ3) is 3.83. The fraction of sp³-hybridized carbons (Fsp3) is 0.571. The van der Waals surface area contributed by atoms with Crippen molar-refractivity contribution < 1.29 is 4.79 Å². The standard InChI is InChI=1S/C14H20ClN3O/c1-3-10(8-9-4-5-9)17-14(19)13-11(15)6-7-12(16-2)18-13/h6-7,9-10H,3-5,8H2,1-2H3,(H,16,18)(H,17,19). The molecule has 104 valence electrons. The van der Waals surface area contributed by atoms with E-state index in [1.165, 1.54) is 12.8 Å². The number of rotatable bonds is 6. The monoisotopic (exact) mass is 281 g/mol. The molecule has 1 saturated carbocycles. The molecule has 4 nitrogen and oxygen atoms in total. The van der Waals surface area contributed by atoms with E-state index in [9.17, 15) is 4.79 Å². The number of halogens is 1. The summed E-state index contributed by atoms with van der Waals surface area (Å²) in [7, 11) is 1.76. The van der Waals surface area contributed by atoms with Crippen LogP contribution in [-0.4, -0.2) is 24.0 Å². The van der Waals surface area contributed by atoms with Crippen LogP contribution < -0.4 is 10.6 Å². The van der Waals surface area contributed by atoms with Gasteiger partial charge in [-0.25, -0.2) is 4.98 Å². The lowest BCUT2D eigenvalue weighted by Gasteiger charge is -2.17. The molecule has 0 spiro atoms. The first kappa shape index (κ1) is 14.1. The lowest BCUT2D eigenvalue weighted by Crippen LogP contribution is -2.35. The van der Waals surface area contributed by atoms with Crippen molar-refractivity contribution in [2.24, 2.45) is 5.92 Å². The van der Waals surface area contributed by atoms with E-state index >= 15 is 0 Å². The molecular formula is C14H20ClN3O. The maximum atomic E-state index is 12.2. The molecule has 1 unspecified atom stereocenters. The van der Waals surface area contributed by atoms with Gasteiger partial charge in [0.1, 0.15) is 11.5 Å². The zero-order valence-corrected chi connectivity index (χ0v) is 12.1. The Morgan fingerprint density at radius 2 is 2.26 bits per heavy atom. The molecule has 1 fully saturated rings. The fourth-order valence-corrected chi connectivity index (χ4v) is 2.27. The van der Waals surface area contributed by atoms with E-state index in [4.69, 9.17) is 11.6 Å². The van der Waals surface area contributed by atoms with Crippen LogP contribution in [0.5, 0.6) is 0 Å². The van der Waals surface area contributed by atoms with Crippen molar-refractivity contribution in [1.82, 2.24) is 10.3 Å². The Kier molecular flexibility index (Phi) is 4.64. The topological polar surface area (TPSA) is 54.0 Å². The highest BCUT2D eigenvalue weighted by Gasteiger charge is 2.26. The highest BCUT2D eigenvalue weighted by Crippen LogP contribution is 2.34. The first-order valence-corrected chi connectivity index (χ1v) is 7.17. The minimum Gasteiger partial charge on any atom is -0.373 e. The molecular weight excluding hydrogens is 262 g/mol. The number of hydrogen-bond donors (Lipinski definition) is 2. The Morgan fingerprint density at radius 1 is 1.53 bits per heavy atom. The van der Waals surface area contributed by atoms with Gasteiger partial charge in [0, 0.05) is 13.1 Å². The summed E-state index contributed by atoms with van der Waals surface area (Å²) in [5, 5.41) is 6.33. The quantitative estimate of drug-likeness (QED) is 0.842. The Bertz CT molecular complexity index is 460. The number of nitrogens with one attached hydrogen (secondary N) is 2. The third-order valence-electron chi connectivity index (χ3n) is 3.46. The second-order valence-corrected chi connectivity index (χ2v) is 5.44. The van der Waals surface area contributed by atoms with Gasteiger partial charge in [-0.2, -0.15) is 0 Å². The van der Waals surface area contributed by atoms with Gasteiger partial charge in [0.15, 0.2) is 0 Å². The molecule has 1 aromatic heterocycles. The van der Waals surface area contributed by atoms with Crippen molar-refractivity contribution in [2.75, 3.05) is 12.4 Å². The highest BCUT2D eigenvalue weighted by atomic mass is 35.5. The van der Waals surface area contributed by atoms with Crippen LogP contribution in [0.1, 0.15) is 43.1 Å². The molecule has 1 amide bonds. The van der Waals surface area contributed by atoms with Gasteiger partial charge in [0.25, 0.3) is 5.91 Å². The Hall–Kier alpha value is -1.29. The van der Waals surface area contributed by atoms with E-state index in [0.717, 1.165) is 18.8 Å². The summed E-state index contributed by atoms with van der Waals surface area (Å²) in [4.78, 5) is 16.4. The van der Waals surface area contributed by atoms with Crippen molar-refractivity contribution in [1.29, 1.82) is 0 Å². The fourth-order valence-electron chi connectivity index (χ4n) is 2.08. The highest BCUT2D eigenvalue weighted by molar-refractivity contribution is 6.33. The van der Waals surface area contributed by atoms with Crippen molar-refractivity contribution >= 4 is 23.3 Å². The van der Waals surface area contributed by atoms with Crippen molar-refractivity contribution in [3.8, 4) is 0 Å². The summed E-state index contributed by atoms with van der Waals surface area (Å²) in [5.74, 6) is 1.25. The molecule has 1 aliphatic rings. The number of amides is 1. The summed E-state index contributed by atoms with van der Waals surface area (Å²) in [5.41, 5.74) is 0.294. The van der Waals surface area contributed by atoms with Crippen LogP contribution in [0.15, 0.2) is 12.1 Å². The molecule has 1 heterocycles. The van der Waals surface area contributed by atoms with E-state index in [1.807, 2.05) is 0 Å². The molecule has 0 aliphatic heterocycles. The maximum absolute atomic E-state index is 12.2. The number of carbonyl (C=O) groups excluding carboxylic acids is 1. The van der Waals surface area contributed by atoms with Gasteiger partial charge >= 0.3 is 0 Å². The number of hydrogen-bond acceptors (Lipinski definition) is 3. The first-order valence-electron chi connectivity index (χ1n) is 6.79. The molecule has 0 radical (unpaired) electrons. The molecule has 0 saturated heterocycles. The minimum atomic E-state index is -0.186. The van der Waals surface area contributed by atoms with Gasteiger partial charge in [0.05, 0.1) is 5.02 Å². The average molecular weight is 282 g/mol. The second-order valence-electron chi connectivity index (χ2n) is 5.03. The van der Waals surface area contributed by atoms with Gasteiger partial charge in [0.2, 0.25) is 0 Å². The molecule has 2 N–H and O–H groups in total. The van der Waals surface area contributed by atoms with E-state index < -0.39 is 0 Å². The third-order valence-corrected chi connectivity index (χ3v) is 3.77. The predicted molar refractivity (Wildman–Crippen MR) is 77.7 cm³/mol. The molecule has 19 heavy (non-hydrogen) atoms. The van der Waals surface area contributed by atoms with Gasteiger partial charge < -0.3 is 10.6 Å². The largest absolute Gasteiger partial charge is 0.373 e. The maximum Gasteiger partial charge on any atom is 0.271 e. The summed E-state index contributed by atoms with van der Waals surface area (Å²) in [6.45, 7) is 2.09. The SMILES string of the molecule is CCC(CC1CC1)NC(=O)c1nc(NC)ccc1Cl. The van der Waals surface area contributed by atoms with Gasteiger partial charge in [-0.3, -0.25) is 4.79 Å². The normalized spacial score (nSPS) is 15.9. The smallest absolute Gasteiger partial charge is 0.271 e. The molecule has 5 heteroatoms.